The standard InChI is InChI=1S/C13H28N2/c1-4-8-15(10-12-6-7-12)13(9-14)11(3)5-2/h11-13H,4-10,14H2,1-3H3. The predicted octanol–water partition coefficient (Wildman–Crippen LogP) is 2.48. The van der Waals surface area contributed by atoms with Crippen molar-refractivity contribution < 1.29 is 0 Å². The largest absolute Gasteiger partial charge is 0.329 e. The normalized spacial score (nSPS) is 20.6. The van der Waals surface area contributed by atoms with Gasteiger partial charge in [-0.05, 0) is 37.6 Å². The molecule has 90 valence electrons. The summed E-state index contributed by atoms with van der Waals surface area (Å²) in [5.41, 5.74) is 5.93. The lowest BCUT2D eigenvalue weighted by Crippen LogP contribution is -2.46. The molecule has 0 aromatic heterocycles. The summed E-state index contributed by atoms with van der Waals surface area (Å²) in [6.07, 6.45) is 5.38. The summed E-state index contributed by atoms with van der Waals surface area (Å²) < 4.78 is 0. The maximum absolute atomic E-state index is 5.93. The molecule has 2 atom stereocenters. The lowest BCUT2D eigenvalue weighted by molar-refractivity contribution is 0.144. The van der Waals surface area contributed by atoms with Crippen LogP contribution < -0.4 is 5.73 Å². The van der Waals surface area contributed by atoms with Crippen molar-refractivity contribution in [2.45, 2.75) is 52.5 Å². The molecule has 1 saturated carbocycles. The maximum atomic E-state index is 5.93. The highest BCUT2D eigenvalue weighted by Crippen LogP contribution is 2.31. The van der Waals surface area contributed by atoms with Crippen molar-refractivity contribution in [2.75, 3.05) is 19.6 Å². The van der Waals surface area contributed by atoms with Crippen molar-refractivity contribution >= 4 is 0 Å². The summed E-state index contributed by atoms with van der Waals surface area (Å²) in [5, 5.41) is 0. The quantitative estimate of drug-likeness (QED) is 0.670. The zero-order chi connectivity index (χ0) is 11.3. The van der Waals surface area contributed by atoms with E-state index in [4.69, 9.17) is 5.73 Å². The Hall–Kier alpha value is -0.0800. The zero-order valence-electron chi connectivity index (χ0n) is 10.7. The maximum Gasteiger partial charge on any atom is 0.0243 e. The van der Waals surface area contributed by atoms with Crippen LogP contribution in [0.1, 0.15) is 46.5 Å². The van der Waals surface area contributed by atoms with E-state index in [1.54, 1.807) is 0 Å². The van der Waals surface area contributed by atoms with E-state index < -0.39 is 0 Å². The number of nitrogens with zero attached hydrogens (tertiary/aromatic N) is 1. The van der Waals surface area contributed by atoms with Gasteiger partial charge in [0.25, 0.3) is 0 Å². The third-order valence-electron chi connectivity index (χ3n) is 3.71. The van der Waals surface area contributed by atoms with E-state index >= 15 is 0 Å². The number of hydrogen-bond donors (Lipinski definition) is 1. The molecule has 1 aliphatic rings. The Labute approximate surface area is 95.2 Å². The van der Waals surface area contributed by atoms with Crippen molar-refractivity contribution in [3.63, 3.8) is 0 Å². The van der Waals surface area contributed by atoms with E-state index in [9.17, 15) is 0 Å². The fourth-order valence-corrected chi connectivity index (χ4v) is 2.33. The molecular formula is C13H28N2. The van der Waals surface area contributed by atoms with Crippen molar-refractivity contribution in [1.29, 1.82) is 0 Å². The summed E-state index contributed by atoms with van der Waals surface area (Å²) in [5.74, 6) is 1.72. The molecule has 0 aromatic carbocycles. The Morgan fingerprint density at radius 3 is 2.40 bits per heavy atom. The molecule has 2 heteroatoms. The van der Waals surface area contributed by atoms with Gasteiger partial charge in [0, 0.05) is 19.1 Å². The van der Waals surface area contributed by atoms with E-state index in [1.807, 2.05) is 0 Å². The summed E-state index contributed by atoms with van der Waals surface area (Å²) in [7, 11) is 0. The van der Waals surface area contributed by atoms with Crippen molar-refractivity contribution in [3.05, 3.63) is 0 Å². The second-order valence-corrected chi connectivity index (χ2v) is 5.13. The van der Waals surface area contributed by atoms with Crippen LogP contribution in [0, 0.1) is 11.8 Å². The van der Waals surface area contributed by atoms with E-state index in [0.29, 0.717) is 6.04 Å². The van der Waals surface area contributed by atoms with Crippen LogP contribution in [0.2, 0.25) is 0 Å². The highest BCUT2D eigenvalue weighted by molar-refractivity contribution is 4.83. The minimum Gasteiger partial charge on any atom is -0.329 e. The lowest BCUT2D eigenvalue weighted by Gasteiger charge is -2.34. The molecule has 1 fully saturated rings. The van der Waals surface area contributed by atoms with Gasteiger partial charge in [0.15, 0.2) is 0 Å². The minimum atomic E-state index is 0.607. The Morgan fingerprint density at radius 2 is 2.00 bits per heavy atom. The smallest absolute Gasteiger partial charge is 0.0243 e. The molecule has 0 spiro atoms. The summed E-state index contributed by atoms with van der Waals surface area (Å²) in [6, 6.07) is 0.607. The average molecular weight is 212 g/mol. The molecule has 0 radical (unpaired) electrons. The van der Waals surface area contributed by atoms with Gasteiger partial charge in [0.05, 0.1) is 0 Å². The van der Waals surface area contributed by atoms with Crippen molar-refractivity contribution in [1.82, 2.24) is 4.90 Å². The molecule has 0 aliphatic heterocycles. The van der Waals surface area contributed by atoms with E-state index in [-0.39, 0.29) is 0 Å². The molecule has 0 aromatic rings. The van der Waals surface area contributed by atoms with E-state index in [0.717, 1.165) is 18.4 Å². The highest BCUT2D eigenvalue weighted by Gasteiger charge is 2.28. The van der Waals surface area contributed by atoms with Crippen LogP contribution in [0.3, 0.4) is 0 Å². The molecule has 0 saturated heterocycles. The third-order valence-corrected chi connectivity index (χ3v) is 3.71. The predicted molar refractivity (Wildman–Crippen MR) is 66.9 cm³/mol. The lowest BCUT2D eigenvalue weighted by atomic mass is 9.97. The van der Waals surface area contributed by atoms with Crippen LogP contribution in [-0.2, 0) is 0 Å². The molecule has 2 unspecified atom stereocenters. The Bertz CT molecular complexity index is 166. The van der Waals surface area contributed by atoms with Gasteiger partial charge in [0.1, 0.15) is 0 Å². The molecule has 15 heavy (non-hydrogen) atoms. The van der Waals surface area contributed by atoms with Gasteiger partial charge in [-0.3, -0.25) is 4.90 Å². The van der Waals surface area contributed by atoms with Gasteiger partial charge in [0.2, 0.25) is 0 Å². The molecular weight excluding hydrogens is 184 g/mol. The average Bonchev–Trinajstić information content (AvgIpc) is 3.02. The number of nitrogens with two attached hydrogens (primary N) is 1. The first kappa shape index (κ1) is 13.0. The van der Waals surface area contributed by atoms with Crippen LogP contribution in [-0.4, -0.2) is 30.6 Å². The minimum absolute atomic E-state index is 0.607. The van der Waals surface area contributed by atoms with E-state index in [2.05, 4.69) is 25.7 Å². The molecule has 2 nitrogen and oxygen atoms in total. The van der Waals surface area contributed by atoms with Crippen molar-refractivity contribution in [3.8, 4) is 0 Å². The van der Waals surface area contributed by atoms with Gasteiger partial charge < -0.3 is 5.73 Å². The first-order valence-electron chi connectivity index (χ1n) is 6.67. The van der Waals surface area contributed by atoms with Gasteiger partial charge in [-0.2, -0.15) is 0 Å². The second-order valence-electron chi connectivity index (χ2n) is 5.13. The topological polar surface area (TPSA) is 29.3 Å². The Morgan fingerprint density at radius 1 is 1.33 bits per heavy atom. The Kier molecular flexibility index (Phi) is 5.62. The van der Waals surface area contributed by atoms with Gasteiger partial charge in [-0.25, -0.2) is 0 Å². The van der Waals surface area contributed by atoms with Crippen LogP contribution in [0.5, 0.6) is 0 Å². The number of hydrogen-bond acceptors (Lipinski definition) is 2. The summed E-state index contributed by atoms with van der Waals surface area (Å²) in [4.78, 5) is 2.64. The fraction of sp³-hybridized carbons (Fsp3) is 1.00. The molecule has 0 bridgehead atoms. The molecule has 1 aliphatic carbocycles. The molecule has 0 amide bonds. The summed E-state index contributed by atoms with van der Waals surface area (Å²) in [6.45, 7) is 10.2. The van der Waals surface area contributed by atoms with E-state index in [1.165, 1.54) is 38.8 Å². The highest BCUT2D eigenvalue weighted by atomic mass is 15.2. The van der Waals surface area contributed by atoms with Crippen molar-refractivity contribution in [2.24, 2.45) is 17.6 Å². The van der Waals surface area contributed by atoms with Crippen LogP contribution in [0.4, 0.5) is 0 Å². The Balaban J connectivity index is 2.47. The van der Waals surface area contributed by atoms with Crippen LogP contribution >= 0.6 is 0 Å². The molecule has 1 rings (SSSR count). The monoisotopic (exact) mass is 212 g/mol. The zero-order valence-corrected chi connectivity index (χ0v) is 10.7. The first-order valence-corrected chi connectivity index (χ1v) is 6.67. The first-order chi connectivity index (χ1) is 7.22. The third kappa shape index (κ3) is 4.12. The van der Waals surface area contributed by atoms with Gasteiger partial charge in [-0.15, -0.1) is 0 Å². The fourth-order valence-electron chi connectivity index (χ4n) is 2.33. The second kappa shape index (κ2) is 6.49. The molecule has 0 heterocycles. The number of rotatable bonds is 8. The molecule has 2 N–H and O–H groups in total. The van der Waals surface area contributed by atoms with Gasteiger partial charge >= 0.3 is 0 Å². The van der Waals surface area contributed by atoms with Crippen LogP contribution in [0.25, 0.3) is 0 Å². The van der Waals surface area contributed by atoms with Crippen LogP contribution in [0.15, 0.2) is 0 Å². The summed E-state index contributed by atoms with van der Waals surface area (Å²) >= 11 is 0. The van der Waals surface area contributed by atoms with Gasteiger partial charge in [-0.1, -0.05) is 27.2 Å². The SMILES string of the molecule is CCCN(CC1CC1)C(CN)C(C)CC.